The molecule has 0 aliphatic carbocycles. The summed E-state index contributed by atoms with van der Waals surface area (Å²) in [5, 5.41) is 2.34. The van der Waals surface area contributed by atoms with Crippen LogP contribution in [0.5, 0.6) is 0 Å². The fourth-order valence-corrected chi connectivity index (χ4v) is 2.22. The Morgan fingerprint density at radius 3 is 2.58 bits per heavy atom. The average molecular weight is 260 g/mol. The van der Waals surface area contributed by atoms with Crippen molar-refractivity contribution < 1.29 is 14.4 Å². The molecule has 0 atom stereocenters. The van der Waals surface area contributed by atoms with Gasteiger partial charge in [0, 0.05) is 11.3 Å². The van der Waals surface area contributed by atoms with E-state index in [1.807, 2.05) is 6.92 Å². The molecule has 1 aromatic rings. The van der Waals surface area contributed by atoms with Crippen LogP contribution in [0.4, 0.5) is 5.69 Å². The highest BCUT2D eigenvalue weighted by Gasteiger charge is 2.41. The Morgan fingerprint density at radius 1 is 1.32 bits per heavy atom. The third-order valence-corrected chi connectivity index (χ3v) is 3.43. The van der Waals surface area contributed by atoms with E-state index in [1.54, 1.807) is 36.9 Å². The number of amides is 2. The van der Waals surface area contributed by atoms with Crippen LogP contribution in [0.1, 0.15) is 29.8 Å². The molecule has 0 unspecified atom stereocenters. The van der Waals surface area contributed by atoms with Gasteiger partial charge in [-0.25, -0.2) is 0 Å². The minimum Gasteiger partial charge on any atom is -0.348 e. The topological polar surface area (TPSA) is 66.5 Å². The van der Waals surface area contributed by atoms with E-state index in [0.29, 0.717) is 5.56 Å². The van der Waals surface area contributed by atoms with Crippen LogP contribution < -0.4 is 10.2 Å². The summed E-state index contributed by atoms with van der Waals surface area (Å²) < 4.78 is 0. The van der Waals surface area contributed by atoms with E-state index < -0.39 is 5.54 Å². The van der Waals surface area contributed by atoms with Crippen molar-refractivity contribution in [3.8, 4) is 0 Å². The summed E-state index contributed by atoms with van der Waals surface area (Å²) in [6, 6.07) is 5.20. The quantitative estimate of drug-likeness (QED) is 0.637. The first-order valence-electron chi connectivity index (χ1n) is 6.04. The fraction of sp³-hybridized carbons (Fsp3) is 0.357. The molecule has 0 spiro atoms. The van der Waals surface area contributed by atoms with Crippen LogP contribution in [-0.2, 0) is 9.59 Å². The van der Waals surface area contributed by atoms with Crippen LogP contribution in [0.25, 0.3) is 0 Å². The predicted octanol–water partition coefficient (Wildman–Crippen LogP) is 1.05. The third-order valence-electron chi connectivity index (χ3n) is 3.43. The number of nitrogens with one attached hydrogen (secondary N) is 1. The molecular formula is C14H16N2O3. The Kier molecular flexibility index (Phi) is 3.14. The van der Waals surface area contributed by atoms with E-state index in [4.69, 9.17) is 0 Å². The number of carbonyl (C=O) groups is 3. The molecule has 19 heavy (non-hydrogen) atoms. The minimum absolute atomic E-state index is 0.125. The van der Waals surface area contributed by atoms with Crippen molar-refractivity contribution in [3.05, 3.63) is 29.3 Å². The number of anilines is 1. The van der Waals surface area contributed by atoms with Gasteiger partial charge in [0.2, 0.25) is 5.91 Å². The van der Waals surface area contributed by atoms with E-state index >= 15 is 0 Å². The summed E-state index contributed by atoms with van der Waals surface area (Å²) in [6.45, 7) is 5.51. The van der Waals surface area contributed by atoms with E-state index in [9.17, 15) is 14.4 Å². The zero-order chi connectivity index (χ0) is 14.2. The Labute approximate surface area is 111 Å². The first-order valence-corrected chi connectivity index (χ1v) is 6.04. The predicted molar refractivity (Wildman–Crippen MR) is 71.1 cm³/mol. The van der Waals surface area contributed by atoms with Crippen LogP contribution in [0.3, 0.4) is 0 Å². The number of hydrogen-bond acceptors (Lipinski definition) is 4. The van der Waals surface area contributed by atoms with E-state index in [-0.39, 0.29) is 18.4 Å². The molecule has 1 fully saturated rings. The van der Waals surface area contributed by atoms with Crippen molar-refractivity contribution in [1.29, 1.82) is 0 Å². The summed E-state index contributed by atoms with van der Waals surface area (Å²) in [4.78, 5) is 36.0. The second-order valence-electron chi connectivity index (χ2n) is 5.19. The zero-order valence-electron chi connectivity index (χ0n) is 11.2. The lowest BCUT2D eigenvalue weighted by Gasteiger charge is -2.42. The molecule has 1 aliphatic heterocycles. The number of nitrogens with zero attached hydrogens (tertiary/aromatic N) is 1. The number of piperazine rings is 1. The van der Waals surface area contributed by atoms with Crippen LogP contribution >= 0.6 is 0 Å². The van der Waals surface area contributed by atoms with Gasteiger partial charge in [-0.3, -0.25) is 19.7 Å². The summed E-state index contributed by atoms with van der Waals surface area (Å²) in [6.07, 6.45) is 0.774. The van der Waals surface area contributed by atoms with Gasteiger partial charge in [-0.2, -0.15) is 0 Å². The molecule has 2 rings (SSSR count). The monoisotopic (exact) mass is 260 g/mol. The number of aryl methyl sites for hydroxylation is 1. The number of hydrogen-bond donors (Lipinski definition) is 1. The van der Waals surface area contributed by atoms with Crippen LogP contribution in [0, 0.1) is 6.92 Å². The Balaban J connectivity index is 2.47. The maximum Gasteiger partial charge on any atom is 0.251 e. The van der Waals surface area contributed by atoms with Crippen LogP contribution in [-0.4, -0.2) is 30.2 Å². The fourth-order valence-electron chi connectivity index (χ4n) is 2.22. The first kappa shape index (κ1) is 13.3. The highest BCUT2D eigenvalue weighted by molar-refractivity contribution is 6.06. The number of carbonyl (C=O) groups excluding carboxylic acids is 3. The van der Waals surface area contributed by atoms with E-state index in [0.717, 1.165) is 17.5 Å². The number of imide groups is 1. The SMILES string of the molecule is Cc1cc(C=O)ccc1N1CC(=O)NC(=O)C1(C)C. The lowest BCUT2D eigenvalue weighted by molar-refractivity contribution is -0.135. The molecule has 0 radical (unpaired) electrons. The molecule has 0 saturated carbocycles. The highest BCUT2D eigenvalue weighted by Crippen LogP contribution is 2.29. The Morgan fingerprint density at radius 2 is 2.00 bits per heavy atom. The van der Waals surface area contributed by atoms with Gasteiger partial charge in [0.05, 0.1) is 6.54 Å². The average Bonchev–Trinajstić information content (AvgIpc) is 2.34. The van der Waals surface area contributed by atoms with Crippen molar-refractivity contribution in [2.45, 2.75) is 26.3 Å². The molecule has 1 heterocycles. The summed E-state index contributed by atoms with van der Waals surface area (Å²) in [7, 11) is 0. The molecule has 1 saturated heterocycles. The Bertz CT molecular complexity index is 564. The highest BCUT2D eigenvalue weighted by atomic mass is 16.2. The van der Waals surface area contributed by atoms with E-state index in [2.05, 4.69) is 5.32 Å². The van der Waals surface area contributed by atoms with Crippen LogP contribution in [0.15, 0.2) is 18.2 Å². The Hall–Kier alpha value is -2.17. The van der Waals surface area contributed by atoms with E-state index in [1.165, 1.54) is 0 Å². The largest absolute Gasteiger partial charge is 0.348 e. The molecular weight excluding hydrogens is 244 g/mol. The van der Waals surface area contributed by atoms with Gasteiger partial charge < -0.3 is 4.90 Å². The molecule has 1 aromatic carbocycles. The maximum absolute atomic E-state index is 11.9. The van der Waals surface area contributed by atoms with Crippen molar-refractivity contribution >= 4 is 23.8 Å². The molecule has 1 aliphatic rings. The van der Waals surface area contributed by atoms with Crippen molar-refractivity contribution in [1.82, 2.24) is 5.32 Å². The van der Waals surface area contributed by atoms with Crippen LogP contribution in [0.2, 0.25) is 0 Å². The van der Waals surface area contributed by atoms with Gasteiger partial charge in [0.15, 0.2) is 0 Å². The standard InChI is InChI=1S/C14H16N2O3/c1-9-6-10(8-17)4-5-11(9)16-7-12(18)15-13(19)14(16,2)3/h4-6,8H,7H2,1-3H3,(H,15,18,19). The first-order chi connectivity index (χ1) is 8.86. The van der Waals surface area contributed by atoms with Crippen molar-refractivity contribution in [2.24, 2.45) is 0 Å². The van der Waals surface area contributed by atoms with Crippen molar-refractivity contribution in [3.63, 3.8) is 0 Å². The summed E-state index contributed by atoms with van der Waals surface area (Å²) in [5.41, 5.74) is 1.42. The molecule has 0 aromatic heterocycles. The molecule has 1 N–H and O–H groups in total. The van der Waals surface area contributed by atoms with Crippen molar-refractivity contribution in [2.75, 3.05) is 11.4 Å². The van der Waals surface area contributed by atoms with Gasteiger partial charge in [-0.05, 0) is 44.5 Å². The molecule has 100 valence electrons. The number of rotatable bonds is 2. The molecule has 2 amide bonds. The van der Waals surface area contributed by atoms with Gasteiger partial charge in [0.25, 0.3) is 5.91 Å². The summed E-state index contributed by atoms with van der Waals surface area (Å²) in [5.74, 6) is -0.634. The zero-order valence-corrected chi connectivity index (χ0v) is 11.2. The van der Waals surface area contributed by atoms with Gasteiger partial charge in [-0.15, -0.1) is 0 Å². The number of aldehydes is 1. The van der Waals surface area contributed by atoms with Gasteiger partial charge in [-0.1, -0.05) is 0 Å². The molecule has 0 bridgehead atoms. The molecule has 5 heteroatoms. The maximum atomic E-state index is 11.9. The lowest BCUT2D eigenvalue weighted by Crippen LogP contribution is -2.64. The lowest BCUT2D eigenvalue weighted by atomic mass is 9.96. The minimum atomic E-state index is -0.804. The van der Waals surface area contributed by atoms with Gasteiger partial charge >= 0.3 is 0 Å². The smallest absolute Gasteiger partial charge is 0.251 e. The van der Waals surface area contributed by atoms with Gasteiger partial charge in [0.1, 0.15) is 11.8 Å². The second-order valence-corrected chi connectivity index (χ2v) is 5.19. The number of benzene rings is 1. The third kappa shape index (κ3) is 2.23. The second kappa shape index (κ2) is 4.50. The molecule has 5 nitrogen and oxygen atoms in total. The normalized spacial score (nSPS) is 18.2. The summed E-state index contributed by atoms with van der Waals surface area (Å²) >= 11 is 0.